The monoisotopic (exact) mass is 255 g/mol. The van der Waals surface area contributed by atoms with Gasteiger partial charge in [0.25, 0.3) is 0 Å². The van der Waals surface area contributed by atoms with E-state index in [4.69, 9.17) is 11.6 Å². The highest BCUT2D eigenvalue weighted by Gasteiger charge is 2.31. The molecular weight excluding hydrogens is 234 g/mol. The molecule has 96 valence electrons. The minimum atomic E-state index is 0.307. The molecule has 0 amide bonds. The van der Waals surface area contributed by atoms with Gasteiger partial charge in [-0.05, 0) is 37.0 Å². The van der Waals surface area contributed by atoms with Crippen LogP contribution in [0.5, 0.6) is 0 Å². The summed E-state index contributed by atoms with van der Waals surface area (Å²) in [5, 5.41) is 4.43. The lowest BCUT2D eigenvalue weighted by molar-refractivity contribution is 0.215. The zero-order valence-electron chi connectivity index (χ0n) is 10.9. The van der Waals surface area contributed by atoms with Crippen LogP contribution in [0.15, 0.2) is 6.33 Å². The Hall–Kier alpha value is -0.570. The lowest BCUT2D eigenvalue weighted by Gasteiger charge is -2.34. The second-order valence-electron chi connectivity index (χ2n) is 5.60. The Morgan fingerprint density at radius 1 is 1.47 bits per heavy atom. The first-order valence-electron chi connectivity index (χ1n) is 6.55. The Labute approximate surface area is 109 Å². The molecule has 1 aliphatic rings. The average molecular weight is 256 g/mol. The predicted molar refractivity (Wildman–Crippen MR) is 70.0 cm³/mol. The Kier molecular flexibility index (Phi) is 4.08. The van der Waals surface area contributed by atoms with Crippen LogP contribution in [-0.2, 0) is 13.5 Å². The van der Waals surface area contributed by atoms with Crippen LogP contribution in [0.3, 0.4) is 0 Å². The number of aryl methyl sites for hydroxylation is 1. The third-order valence-electron chi connectivity index (χ3n) is 4.12. The quantitative estimate of drug-likeness (QED) is 0.778. The van der Waals surface area contributed by atoms with E-state index in [-0.39, 0.29) is 0 Å². The van der Waals surface area contributed by atoms with Gasteiger partial charge in [0.15, 0.2) is 0 Å². The second kappa shape index (κ2) is 5.38. The van der Waals surface area contributed by atoms with Crippen molar-refractivity contribution in [1.29, 1.82) is 0 Å². The Balaban J connectivity index is 2.01. The molecule has 0 radical (unpaired) electrons. The molecule has 3 nitrogen and oxygen atoms in total. The van der Waals surface area contributed by atoms with E-state index in [0.29, 0.717) is 11.3 Å². The van der Waals surface area contributed by atoms with Crippen LogP contribution < -0.4 is 0 Å². The standard InChI is InChI=1S/C13H22ClN3/c1-9(2)10-4-5-12(14)11(6-10)7-13-15-8-16-17(13)3/h8-12H,4-7H2,1-3H3. The third-order valence-corrected chi connectivity index (χ3v) is 4.70. The highest BCUT2D eigenvalue weighted by Crippen LogP contribution is 2.37. The average Bonchev–Trinajstić information content (AvgIpc) is 2.67. The minimum Gasteiger partial charge on any atom is -0.253 e. The number of halogens is 1. The molecule has 0 aliphatic heterocycles. The van der Waals surface area contributed by atoms with Gasteiger partial charge in [-0.15, -0.1) is 11.6 Å². The predicted octanol–water partition coefficient (Wildman–Crippen LogP) is 3.04. The fourth-order valence-electron chi connectivity index (χ4n) is 2.82. The van der Waals surface area contributed by atoms with Crippen LogP contribution >= 0.6 is 11.6 Å². The smallest absolute Gasteiger partial charge is 0.138 e. The molecule has 0 N–H and O–H groups in total. The van der Waals surface area contributed by atoms with E-state index in [0.717, 1.165) is 30.5 Å². The van der Waals surface area contributed by atoms with Crippen molar-refractivity contribution >= 4 is 11.6 Å². The van der Waals surface area contributed by atoms with E-state index in [9.17, 15) is 0 Å². The number of aromatic nitrogens is 3. The van der Waals surface area contributed by atoms with Gasteiger partial charge in [-0.25, -0.2) is 4.98 Å². The molecular formula is C13H22ClN3. The topological polar surface area (TPSA) is 30.7 Å². The fourth-order valence-corrected chi connectivity index (χ4v) is 3.14. The van der Waals surface area contributed by atoms with E-state index in [1.807, 2.05) is 11.7 Å². The van der Waals surface area contributed by atoms with Crippen LogP contribution in [0.2, 0.25) is 0 Å². The summed E-state index contributed by atoms with van der Waals surface area (Å²) < 4.78 is 1.86. The maximum Gasteiger partial charge on any atom is 0.138 e. The zero-order valence-corrected chi connectivity index (χ0v) is 11.7. The molecule has 1 saturated carbocycles. The molecule has 1 heterocycles. The Morgan fingerprint density at radius 2 is 2.24 bits per heavy atom. The molecule has 1 aromatic rings. The minimum absolute atomic E-state index is 0.307. The first-order chi connectivity index (χ1) is 8.08. The largest absolute Gasteiger partial charge is 0.253 e. The van der Waals surface area contributed by atoms with Gasteiger partial charge in [0, 0.05) is 18.8 Å². The number of rotatable bonds is 3. The van der Waals surface area contributed by atoms with Gasteiger partial charge in [0.2, 0.25) is 0 Å². The fraction of sp³-hybridized carbons (Fsp3) is 0.846. The van der Waals surface area contributed by atoms with Gasteiger partial charge in [-0.3, -0.25) is 4.68 Å². The van der Waals surface area contributed by atoms with Gasteiger partial charge in [0.05, 0.1) is 0 Å². The molecule has 1 fully saturated rings. The third kappa shape index (κ3) is 3.01. The van der Waals surface area contributed by atoms with Crippen LogP contribution in [0.1, 0.15) is 38.9 Å². The van der Waals surface area contributed by atoms with Crippen molar-refractivity contribution in [2.45, 2.75) is 44.9 Å². The van der Waals surface area contributed by atoms with E-state index < -0.39 is 0 Å². The summed E-state index contributed by atoms with van der Waals surface area (Å²) in [4.78, 5) is 4.31. The van der Waals surface area contributed by atoms with E-state index in [1.54, 1.807) is 6.33 Å². The second-order valence-corrected chi connectivity index (χ2v) is 6.16. The SMILES string of the molecule is CC(C)C1CCC(Cl)C(Cc2ncnn2C)C1. The van der Waals surface area contributed by atoms with Gasteiger partial charge < -0.3 is 0 Å². The van der Waals surface area contributed by atoms with Gasteiger partial charge in [-0.2, -0.15) is 5.10 Å². The molecule has 4 heteroatoms. The van der Waals surface area contributed by atoms with Gasteiger partial charge in [0.1, 0.15) is 12.2 Å². The molecule has 1 aromatic heterocycles. The maximum atomic E-state index is 6.46. The van der Waals surface area contributed by atoms with Crippen LogP contribution in [0.4, 0.5) is 0 Å². The molecule has 1 aliphatic carbocycles. The molecule has 17 heavy (non-hydrogen) atoms. The molecule has 0 saturated heterocycles. The molecule has 0 bridgehead atoms. The number of hydrogen-bond donors (Lipinski definition) is 0. The summed E-state index contributed by atoms with van der Waals surface area (Å²) >= 11 is 6.46. The summed E-state index contributed by atoms with van der Waals surface area (Å²) in [5.74, 6) is 3.20. The summed E-state index contributed by atoms with van der Waals surface area (Å²) in [5.41, 5.74) is 0. The van der Waals surface area contributed by atoms with Gasteiger partial charge in [-0.1, -0.05) is 13.8 Å². The highest BCUT2D eigenvalue weighted by atomic mass is 35.5. The molecule has 0 aromatic carbocycles. The summed E-state index contributed by atoms with van der Waals surface area (Å²) in [6.45, 7) is 4.64. The van der Waals surface area contributed by atoms with Crippen molar-refractivity contribution in [1.82, 2.24) is 14.8 Å². The number of alkyl halides is 1. The van der Waals surface area contributed by atoms with Crippen molar-refractivity contribution in [3.05, 3.63) is 12.2 Å². The van der Waals surface area contributed by atoms with Crippen molar-refractivity contribution in [2.24, 2.45) is 24.8 Å². The van der Waals surface area contributed by atoms with Crippen molar-refractivity contribution in [3.8, 4) is 0 Å². The van der Waals surface area contributed by atoms with Crippen molar-refractivity contribution in [2.75, 3.05) is 0 Å². The summed E-state index contributed by atoms with van der Waals surface area (Å²) in [7, 11) is 1.95. The Morgan fingerprint density at radius 3 is 2.82 bits per heavy atom. The molecule has 3 atom stereocenters. The molecule has 2 rings (SSSR count). The Bertz CT molecular complexity index is 361. The first-order valence-corrected chi connectivity index (χ1v) is 6.98. The van der Waals surface area contributed by atoms with Gasteiger partial charge >= 0.3 is 0 Å². The zero-order chi connectivity index (χ0) is 12.4. The van der Waals surface area contributed by atoms with E-state index in [2.05, 4.69) is 23.9 Å². The lowest BCUT2D eigenvalue weighted by atomic mass is 9.75. The van der Waals surface area contributed by atoms with Crippen molar-refractivity contribution < 1.29 is 0 Å². The van der Waals surface area contributed by atoms with Crippen LogP contribution in [0, 0.1) is 17.8 Å². The highest BCUT2D eigenvalue weighted by molar-refractivity contribution is 6.20. The van der Waals surface area contributed by atoms with E-state index >= 15 is 0 Å². The first kappa shape index (κ1) is 12.9. The number of nitrogens with zero attached hydrogens (tertiary/aromatic N) is 3. The summed E-state index contributed by atoms with van der Waals surface area (Å²) in [6.07, 6.45) is 6.25. The normalized spacial score (nSPS) is 29.8. The van der Waals surface area contributed by atoms with Crippen LogP contribution in [-0.4, -0.2) is 20.1 Å². The summed E-state index contributed by atoms with van der Waals surface area (Å²) in [6, 6.07) is 0. The van der Waals surface area contributed by atoms with E-state index in [1.165, 1.54) is 12.8 Å². The number of hydrogen-bond acceptors (Lipinski definition) is 2. The van der Waals surface area contributed by atoms with Crippen molar-refractivity contribution in [3.63, 3.8) is 0 Å². The molecule has 3 unspecified atom stereocenters. The van der Waals surface area contributed by atoms with Crippen LogP contribution in [0.25, 0.3) is 0 Å². The lowest BCUT2D eigenvalue weighted by Crippen LogP contribution is -2.30. The maximum absolute atomic E-state index is 6.46. The molecule has 0 spiro atoms.